The van der Waals surface area contributed by atoms with E-state index in [9.17, 15) is 0 Å². The van der Waals surface area contributed by atoms with Crippen LogP contribution in [0.15, 0.2) is 24.5 Å². The molecule has 2 aromatic rings. The number of fused-ring (bicyclic) bond motifs is 15. The summed E-state index contributed by atoms with van der Waals surface area (Å²) in [7, 11) is 0. The molecule has 0 fully saturated rings. The van der Waals surface area contributed by atoms with E-state index in [1.54, 1.807) is 0 Å². The number of hydrogen-bond donors (Lipinski definition) is 3. The van der Waals surface area contributed by atoms with Crippen molar-refractivity contribution in [3.05, 3.63) is 63.5 Å². The van der Waals surface area contributed by atoms with Gasteiger partial charge in [0.1, 0.15) is 0 Å². The van der Waals surface area contributed by atoms with Crippen LogP contribution >= 0.6 is 0 Å². The molecule has 0 radical (unpaired) electrons. The summed E-state index contributed by atoms with van der Waals surface area (Å²) < 4.78 is 0. The second kappa shape index (κ2) is 12.3. The van der Waals surface area contributed by atoms with Crippen LogP contribution in [0.2, 0.25) is 0 Å². The van der Waals surface area contributed by atoms with Crippen molar-refractivity contribution in [2.45, 2.75) is 60.2 Å². The monoisotopic (exact) mass is 423 g/mol. The topological polar surface area (TPSA) is 52.2 Å². The quantitative estimate of drug-likeness (QED) is 0.691. The zero-order chi connectivity index (χ0) is 22.1. The van der Waals surface area contributed by atoms with Crippen molar-refractivity contribution in [3.63, 3.8) is 0 Å². The highest BCUT2D eigenvalue weighted by Crippen LogP contribution is 2.26. The molecule has 5 nitrogen and oxygen atoms in total. The van der Waals surface area contributed by atoms with Gasteiger partial charge in [-0.15, -0.1) is 0 Å². The second-order valence-corrected chi connectivity index (χ2v) is 8.90. The summed E-state index contributed by atoms with van der Waals surface area (Å²) in [6.45, 7) is 18.5. The molecule has 170 valence electrons. The van der Waals surface area contributed by atoms with Gasteiger partial charge in [0.2, 0.25) is 0 Å². The SMILES string of the molecule is Cc1c(C)c2c(C)c(C)c1CNCCCNCCN(Cc1ccncc1)CCCNC2. The number of nitrogens with zero attached hydrogens (tertiary/aromatic N) is 2. The molecular formula is C26H41N5. The minimum absolute atomic E-state index is 0.957. The van der Waals surface area contributed by atoms with E-state index in [0.29, 0.717) is 0 Å². The first-order valence-electron chi connectivity index (χ1n) is 11.9. The van der Waals surface area contributed by atoms with E-state index in [-0.39, 0.29) is 0 Å². The lowest BCUT2D eigenvalue weighted by molar-refractivity contribution is 0.260. The van der Waals surface area contributed by atoms with Crippen molar-refractivity contribution < 1.29 is 0 Å². The minimum Gasteiger partial charge on any atom is -0.315 e. The van der Waals surface area contributed by atoms with Crippen molar-refractivity contribution in [3.8, 4) is 0 Å². The number of benzene rings is 1. The molecule has 0 spiro atoms. The number of aromatic nitrogens is 1. The number of nitrogens with one attached hydrogen (secondary N) is 3. The fourth-order valence-electron chi connectivity index (χ4n) is 4.57. The number of rotatable bonds is 2. The lowest BCUT2D eigenvalue weighted by Gasteiger charge is -2.24. The molecule has 3 N–H and O–H groups in total. The van der Waals surface area contributed by atoms with Gasteiger partial charge in [0.25, 0.3) is 0 Å². The van der Waals surface area contributed by atoms with E-state index in [1.807, 2.05) is 12.4 Å². The van der Waals surface area contributed by atoms with E-state index in [0.717, 1.165) is 71.7 Å². The molecule has 0 atom stereocenters. The van der Waals surface area contributed by atoms with Crippen LogP contribution in [0.1, 0.15) is 51.8 Å². The average Bonchev–Trinajstić information content (AvgIpc) is 2.78. The summed E-state index contributed by atoms with van der Waals surface area (Å²) in [4.78, 5) is 6.72. The zero-order valence-electron chi connectivity index (χ0n) is 20.0. The summed E-state index contributed by atoms with van der Waals surface area (Å²) >= 11 is 0. The standard InChI is InChI=1S/C26H41N5/c1-20-22(3)26-18-30-11-6-15-31(19-24-7-12-28-13-8-24)16-14-27-9-5-10-29-17-25(20)21(2)23(26)4/h7-8,12-13,27,29-30H,5-6,9-11,14-19H2,1-4H3. The van der Waals surface area contributed by atoms with Crippen molar-refractivity contribution in [1.29, 1.82) is 0 Å². The van der Waals surface area contributed by atoms with Gasteiger partial charge in [-0.2, -0.15) is 0 Å². The first-order chi connectivity index (χ1) is 15.1. The molecule has 3 heterocycles. The van der Waals surface area contributed by atoms with Crippen LogP contribution < -0.4 is 16.0 Å². The first kappa shape index (κ1) is 23.9. The smallest absolute Gasteiger partial charge is 0.0271 e. The van der Waals surface area contributed by atoms with Crippen LogP contribution in [0.5, 0.6) is 0 Å². The third kappa shape index (κ3) is 6.84. The van der Waals surface area contributed by atoms with Crippen LogP contribution in [-0.2, 0) is 19.6 Å². The molecule has 0 saturated heterocycles. The number of hydrogen-bond acceptors (Lipinski definition) is 5. The molecule has 0 saturated carbocycles. The molecule has 2 aliphatic heterocycles. The molecule has 1 aromatic heterocycles. The Hall–Kier alpha value is -1.79. The van der Waals surface area contributed by atoms with Gasteiger partial charge in [0.05, 0.1) is 0 Å². The van der Waals surface area contributed by atoms with E-state index >= 15 is 0 Å². The Morgan fingerprint density at radius 2 is 1.26 bits per heavy atom. The highest BCUT2D eigenvalue weighted by molar-refractivity contribution is 5.50. The maximum atomic E-state index is 4.16. The summed E-state index contributed by atoms with van der Waals surface area (Å²) in [5.74, 6) is 0. The molecule has 0 amide bonds. The van der Waals surface area contributed by atoms with Crippen molar-refractivity contribution >= 4 is 0 Å². The van der Waals surface area contributed by atoms with Gasteiger partial charge in [-0.3, -0.25) is 9.88 Å². The van der Waals surface area contributed by atoms with E-state index in [1.165, 1.54) is 38.9 Å². The normalized spacial score (nSPS) is 17.9. The maximum absolute atomic E-state index is 4.16. The highest BCUT2D eigenvalue weighted by Gasteiger charge is 2.14. The van der Waals surface area contributed by atoms with Gasteiger partial charge < -0.3 is 16.0 Å². The molecule has 4 rings (SSSR count). The Morgan fingerprint density at radius 3 is 1.87 bits per heavy atom. The van der Waals surface area contributed by atoms with Gasteiger partial charge in [0.15, 0.2) is 0 Å². The second-order valence-electron chi connectivity index (χ2n) is 8.90. The zero-order valence-corrected chi connectivity index (χ0v) is 20.0. The average molecular weight is 424 g/mol. The fraction of sp³-hybridized carbons (Fsp3) is 0.577. The molecule has 0 aliphatic carbocycles. The Morgan fingerprint density at radius 1 is 0.710 bits per heavy atom. The van der Waals surface area contributed by atoms with E-state index in [2.05, 4.69) is 65.7 Å². The highest BCUT2D eigenvalue weighted by atomic mass is 15.1. The summed E-state index contributed by atoms with van der Waals surface area (Å²) in [6.07, 6.45) is 6.10. The lowest BCUT2D eigenvalue weighted by atomic mass is 9.88. The van der Waals surface area contributed by atoms with Crippen LogP contribution in [0.3, 0.4) is 0 Å². The van der Waals surface area contributed by atoms with Gasteiger partial charge in [-0.05, 0) is 118 Å². The summed E-state index contributed by atoms with van der Waals surface area (Å²) in [5.41, 5.74) is 10.1. The predicted molar refractivity (Wildman–Crippen MR) is 130 cm³/mol. The minimum atomic E-state index is 0.957. The number of pyridine rings is 1. The molecule has 1 aromatic carbocycles. The Kier molecular flexibility index (Phi) is 9.47. The van der Waals surface area contributed by atoms with Gasteiger partial charge in [-0.1, -0.05) is 0 Å². The maximum Gasteiger partial charge on any atom is 0.0271 e. The van der Waals surface area contributed by atoms with Gasteiger partial charge >= 0.3 is 0 Å². The molecule has 0 unspecified atom stereocenters. The van der Waals surface area contributed by atoms with Crippen molar-refractivity contribution in [1.82, 2.24) is 25.8 Å². The Labute approximate surface area is 189 Å². The Balaban J connectivity index is 1.67. The Bertz CT molecular complexity index is 789. The van der Waals surface area contributed by atoms with Crippen LogP contribution in [-0.4, -0.2) is 49.2 Å². The van der Waals surface area contributed by atoms with E-state index in [4.69, 9.17) is 0 Å². The van der Waals surface area contributed by atoms with Crippen molar-refractivity contribution in [2.75, 3.05) is 39.3 Å². The first-order valence-corrected chi connectivity index (χ1v) is 11.9. The van der Waals surface area contributed by atoms with Crippen LogP contribution in [0.4, 0.5) is 0 Å². The largest absolute Gasteiger partial charge is 0.315 e. The van der Waals surface area contributed by atoms with Crippen LogP contribution in [0.25, 0.3) is 0 Å². The van der Waals surface area contributed by atoms with Gasteiger partial charge in [-0.25, -0.2) is 0 Å². The molecule has 2 aliphatic rings. The third-order valence-corrected chi connectivity index (χ3v) is 6.83. The molecule has 2 bridgehead atoms. The molecule has 5 heteroatoms. The third-order valence-electron chi connectivity index (χ3n) is 6.83. The van der Waals surface area contributed by atoms with Crippen LogP contribution in [0, 0.1) is 27.7 Å². The molecule has 31 heavy (non-hydrogen) atoms. The molecular weight excluding hydrogens is 382 g/mol. The van der Waals surface area contributed by atoms with E-state index < -0.39 is 0 Å². The predicted octanol–water partition coefficient (Wildman–Crippen LogP) is 3.38. The lowest BCUT2D eigenvalue weighted by Crippen LogP contribution is -2.34. The van der Waals surface area contributed by atoms with Crippen molar-refractivity contribution in [2.24, 2.45) is 0 Å². The van der Waals surface area contributed by atoms with Gasteiger partial charge in [0, 0.05) is 45.1 Å². The summed E-state index contributed by atoms with van der Waals surface area (Å²) in [5, 5.41) is 11.0. The summed E-state index contributed by atoms with van der Waals surface area (Å²) in [6, 6.07) is 4.26. The fourth-order valence-corrected chi connectivity index (χ4v) is 4.57.